The van der Waals surface area contributed by atoms with Crippen LogP contribution in [0.3, 0.4) is 0 Å². The molecule has 114 valence electrons. The van der Waals surface area contributed by atoms with Crippen molar-refractivity contribution in [3.8, 4) is 5.75 Å². The van der Waals surface area contributed by atoms with Gasteiger partial charge in [0.15, 0.2) is 0 Å². The maximum atomic E-state index is 12.1. The van der Waals surface area contributed by atoms with E-state index in [-0.39, 0.29) is 16.8 Å². The molecular formula is C18H24O3. The standard InChI is InChI=1S/C18H24O3/c1-5-21-16(19)13-18(12-6-11-17(18,2)3)14-7-9-15(20-4)10-8-14/h6-10,12H,5,11,13H2,1-4H3. The van der Waals surface area contributed by atoms with Gasteiger partial charge in [0, 0.05) is 5.41 Å². The van der Waals surface area contributed by atoms with E-state index in [1.54, 1.807) is 7.11 Å². The van der Waals surface area contributed by atoms with E-state index < -0.39 is 0 Å². The molecule has 0 aromatic heterocycles. The maximum Gasteiger partial charge on any atom is 0.307 e. The lowest BCUT2D eigenvalue weighted by Crippen LogP contribution is -2.39. The lowest BCUT2D eigenvalue weighted by molar-refractivity contribution is -0.145. The van der Waals surface area contributed by atoms with E-state index in [0.717, 1.165) is 17.7 Å². The molecule has 3 heteroatoms. The minimum atomic E-state index is -0.314. The molecule has 0 amide bonds. The molecule has 2 rings (SSSR count). The van der Waals surface area contributed by atoms with Gasteiger partial charge in [0.25, 0.3) is 0 Å². The number of hydrogen-bond acceptors (Lipinski definition) is 3. The lowest BCUT2D eigenvalue weighted by Gasteiger charge is -2.41. The van der Waals surface area contributed by atoms with Gasteiger partial charge in [0.05, 0.1) is 20.1 Å². The molecule has 0 fully saturated rings. The van der Waals surface area contributed by atoms with Gasteiger partial charge in [0.1, 0.15) is 5.75 Å². The first-order valence-corrected chi connectivity index (χ1v) is 7.43. The van der Waals surface area contributed by atoms with Crippen molar-refractivity contribution in [2.45, 2.75) is 39.0 Å². The van der Waals surface area contributed by atoms with Crippen LogP contribution < -0.4 is 4.74 Å². The molecular weight excluding hydrogens is 264 g/mol. The Balaban J connectivity index is 2.40. The van der Waals surface area contributed by atoms with E-state index in [2.05, 4.69) is 38.1 Å². The van der Waals surface area contributed by atoms with Crippen LogP contribution >= 0.6 is 0 Å². The third-order valence-electron chi connectivity index (χ3n) is 4.57. The highest BCUT2D eigenvalue weighted by Gasteiger charge is 2.48. The smallest absolute Gasteiger partial charge is 0.307 e. The maximum absolute atomic E-state index is 12.1. The lowest BCUT2D eigenvalue weighted by atomic mass is 9.62. The molecule has 0 saturated carbocycles. The second-order valence-electron chi connectivity index (χ2n) is 6.17. The van der Waals surface area contributed by atoms with Crippen LogP contribution in [0.15, 0.2) is 36.4 Å². The molecule has 1 aliphatic carbocycles. The Morgan fingerprint density at radius 3 is 2.38 bits per heavy atom. The highest BCUT2D eigenvalue weighted by molar-refractivity contribution is 5.73. The molecule has 0 bridgehead atoms. The molecule has 0 saturated heterocycles. The second-order valence-corrected chi connectivity index (χ2v) is 6.17. The summed E-state index contributed by atoms with van der Waals surface area (Å²) in [4.78, 5) is 12.1. The van der Waals surface area contributed by atoms with Crippen LogP contribution in [0, 0.1) is 5.41 Å². The zero-order valence-electron chi connectivity index (χ0n) is 13.3. The molecule has 0 radical (unpaired) electrons. The Labute approximate surface area is 127 Å². The normalized spacial score (nSPS) is 23.0. The van der Waals surface area contributed by atoms with Crippen molar-refractivity contribution in [3.63, 3.8) is 0 Å². The number of ether oxygens (including phenoxy) is 2. The van der Waals surface area contributed by atoms with E-state index in [0.29, 0.717) is 13.0 Å². The molecule has 0 aliphatic heterocycles. The summed E-state index contributed by atoms with van der Waals surface area (Å²) in [6, 6.07) is 8.00. The number of benzene rings is 1. The summed E-state index contributed by atoms with van der Waals surface area (Å²) >= 11 is 0. The zero-order valence-corrected chi connectivity index (χ0v) is 13.3. The van der Waals surface area contributed by atoms with Gasteiger partial charge >= 0.3 is 5.97 Å². The average Bonchev–Trinajstić information content (AvgIpc) is 2.75. The van der Waals surface area contributed by atoms with Gasteiger partial charge in [-0.2, -0.15) is 0 Å². The van der Waals surface area contributed by atoms with Gasteiger partial charge in [-0.15, -0.1) is 0 Å². The third-order valence-corrected chi connectivity index (χ3v) is 4.57. The molecule has 1 unspecified atom stereocenters. The largest absolute Gasteiger partial charge is 0.497 e. The van der Waals surface area contributed by atoms with Gasteiger partial charge < -0.3 is 9.47 Å². The van der Waals surface area contributed by atoms with Crippen LogP contribution in [-0.4, -0.2) is 19.7 Å². The summed E-state index contributed by atoms with van der Waals surface area (Å²) in [5.41, 5.74) is 0.801. The van der Waals surface area contributed by atoms with Crippen molar-refractivity contribution < 1.29 is 14.3 Å². The molecule has 0 heterocycles. The predicted molar refractivity (Wildman–Crippen MR) is 83.5 cm³/mol. The SMILES string of the molecule is CCOC(=O)CC1(c2ccc(OC)cc2)C=CCC1(C)C. The van der Waals surface area contributed by atoms with Crippen molar-refractivity contribution in [2.75, 3.05) is 13.7 Å². The number of hydrogen-bond donors (Lipinski definition) is 0. The van der Waals surface area contributed by atoms with Crippen LogP contribution in [-0.2, 0) is 14.9 Å². The fourth-order valence-corrected chi connectivity index (χ4v) is 3.18. The molecule has 1 aromatic rings. The Kier molecular flexibility index (Phi) is 4.40. The molecule has 1 aromatic carbocycles. The van der Waals surface area contributed by atoms with E-state index >= 15 is 0 Å². The van der Waals surface area contributed by atoms with Crippen LogP contribution in [0.4, 0.5) is 0 Å². The van der Waals surface area contributed by atoms with E-state index in [1.165, 1.54) is 0 Å². The minimum absolute atomic E-state index is 0.0195. The van der Waals surface area contributed by atoms with Gasteiger partial charge in [-0.25, -0.2) is 0 Å². The molecule has 0 N–H and O–H groups in total. The van der Waals surface area contributed by atoms with Gasteiger partial charge in [0.2, 0.25) is 0 Å². The van der Waals surface area contributed by atoms with Gasteiger partial charge in [-0.3, -0.25) is 4.79 Å². The number of methoxy groups -OCH3 is 1. The highest BCUT2D eigenvalue weighted by Crippen LogP contribution is 2.52. The van der Waals surface area contributed by atoms with E-state index in [4.69, 9.17) is 9.47 Å². The van der Waals surface area contributed by atoms with Crippen molar-refractivity contribution in [1.82, 2.24) is 0 Å². The molecule has 1 aliphatic rings. The number of carbonyl (C=O) groups is 1. The predicted octanol–water partition coefficient (Wildman–Crippen LogP) is 3.87. The van der Waals surface area contributed by atoms with Crippen molar-refractivity contribution in [2.24, 2.45) is 5.41 Å². The van der Waals surface area contributed by atoms with Crippen LogP contribution in [0.5, 0.6) is 5.75 Å². The fourth-order valence-electron chi connectivity index (χ4n) is 3.18. The fraction of sp³-hybridized carbons (Fsp3) is 0.500. The quantitative estimate of drug-likeness (QED) is 0.609. The number of esters is 1. The third kappa shape index (κ3) is 2.82. The Morgan fingerprint density at radius 1 is 1.24 bits per heavy atom. The number of carbonyl (C=O) groups excluding carboxylic acids is 1. The molecule has 21 heavy (non-hydrogen) atoms. The topological polar surface area (TPSA) is 35.5 Å². The Morgan fingerprint density at radius 2 is 1.90 bits per heavy atom. The monoisotopic (exact) mass is 288 g/mol. The summed E-state index contributed by atoms with van der Waals surface area (Å²) in [6.45, 7) is 6.67. The van der Waals surface area contributed by atoms with Crippen molar-refractivity contribution >= 4 is 5.97 Å². The van der Waals surface area contributed by atoms with Crippen LogP contribution in [0.1, 0.15) is 39.2 Å². The molecule has 0 spiro atoms. The summed E-state index contributed by atoms with van der Waals surface area (Å²) in [5.74, 6) is 0.678. The molecule has 3 nitrogen and oxygen atoms in total. The van der Waals surface area contributed by atoms with E-state index in [9.17, 15) is 4.79 Å². The first kappa shape index (κ1) is 15.6. The Bertz CT molecular complexity index is 528. The second kappa shape index (κ2) is 5.92. The summed E-state index contributed by atoms with van der Waals surface area (Å²) in [6.07, 6.45) is 5.67. The summed E-state index contributed by atoms with van der Waals surface area (Å²) in [7, 11) is 1.66. The van der Waals surface area contributed by atoms with Crippen LogP contribution in [0.2, 0.25) is 0 Å². The van der Waals surface area contributed by atoms with Crippen molar-refractivity contribution in [3.05, 3.63) is 42.0 Å². The minimum Gasteiger partial charge on any atom is -0.497 e. The molecule has 1 atom stereocenters. The van der Waals surface area contributed by atoms with E-state index in [1.807, 2.05) is 19.1 Å². The van der Waals surface area contributed by atoms with Crippen molar-refractivity contribution in [1.29, 1.82) is 0 Å². The Hall–Kier alpha value is -1.77. The van der Waals surface area contributed by atoms with Gasteiger partial charge in [-0.05, 0) is 36.5 Å². The zero-order chi connectivity index (χ0) is 15.5. The number of allylic oxidation sites excluding steroid dienone is 2. The highest BCUT2D eigenvalue weighted by atomic mass is 16.5. The number of rotatable bonds is 5. The first-order valence-electron chi connectivity index (χ1n) is 7.43. The average molecular weight is 288 g/mol. The first-order chi connectivity index (χ1) is 9.95. The van der Waals surface area contributed by atoms with Crippen LogP contribution in [0.25, 0.3) is 0 Å². The summed E-state index contributed by atoms with van der Waals surface area (Å²) < 4.78 is 10.4. The summed E-state index contributed by atoms with van der Waals surface area (Å²) in [5, 5.41) is 0. The van der Waals surface area contributed by atoms with Gasteiger partial charge in [-0.1, -0.05) is 38.1 Å².